The van der Waals surface area contributed by atoms with Crippen molar-refractivity contribution in [3.8, 4) is 0 Å². The Morgan fingerprint density at radius 3 is 2.61 bits per heavy atom. The molecule has 1 aliphatic rings. The molecule has 3 rings (SSSR count). The van der Waals surface area contributed by atoms with Crippen LogP contribution in [0.25, 0.3) is 0 Å². The van der Waals surface area contributed by atoms with Gasteiger partial charge in [-0.1, -0.05) is 36.4 Å². The summed E-state index contributed by atoms with van der Waals surface area (Å²) in [6, 6.07) is 12.0. The summed E-state index contributed by atoms with van der Waals surface area (Å²) in [5.74, 6) is -1.55. The highest BCUT2D eigenvalue weighted by molar-refractivity contribution is 5.40. The zero-order chi connectivity index (χ0) is 12.5. The van der Waals surface area contributed by atoms with E-state index in [0.29, 0.717) is 5.56 Å². The van der Waals surface area contributed by atoms with E-state index in [9.17, 15) is 8.78 Å². The van der Waals surface area contributed by atoms with Gasteiger partial charge in [0.1, 0.15) is 0 Å². The molecule has 1 aliphatic heterocycles. The molecule has 1 atom stereocenters. The Balaban J connectivity index is 2.11. The average Bonchev–Trinajstić information content (AvgIpc) is 2.41. The molecule has 2 aromatic carbocycles. The Hall–Kier alpha value is -1.74. The summed E-state index contributed by atoms with van der Waals surface area (Å²) >= 11 is 0. The third-order valence-corrected chi connectivity index (χ3v) is 3.40. The predicted molar refractivity (Wildman–Crippen MR) is 66.3 cm³/mol. The van der Waals surface area contributed by atoms with Crippen molar-refractivity contribution in [2.24, 2.45) is 0 Å². The van der Waals surface area contributed by atoms with Gasteiger partial charge in [0.15, 0.2) is 11.6 Å². The average molecular weight is 245 g/mol. The van der Waals surface area contributed by atoms with Crippen LogP contribution in [0, 0.1) is 11.6 Å². The lowest BCUT2D eigenvalue weighted by Gasteiger charge is -2.27. The number of rotatable bonds is 1. The molecular weight excluding hydrogens is 232 g/mol. The molecule has 1 heterocycles. The van der Waals surface area contributed by atoms with E-state index >= 15 is 0 Å². The van der Waals surface area contributed by atoms with Crippen LogP contribution in [-0.4, -0.2) is 6.54 Å². The van der Waals surface area contributed by atoms with Crippen LogP contribution < -0.4 is 5.32 Å². The van der Waals surface area contributed by atoms with Gasteiger partial charge in [-0.05, 0) is 23.6 Å². The highest BCUT2D eigenvalue weighted by Crippen LogP contribution is 2.30. The van der Waals surface area contributed by atoms with Crippen molar-refractivity contribution in [1.82, 2.24) is 5.32 Å². The molecule has 0 unspecified atom stereocenters. The lowest BCUT2D eigenvalue weighted by molar-refractivity contribution is 0.474. The van der Waals surface area contributed by atoms with E-state index in [4.69, 9.17) is 0 Å². The first kappa shape index (κ1) is 11.4. The van der Waals surface area contributed by atoms with Gasteiger partial charge in [0.2, 0.25) is 0 Å². The molecular formula is C15H13F2N. The minimum Gasteiger partial charge on any atom is -0.306 e. The Bertz CT molecular complexity index is 580. The van der Waals surface area contributed by atoms with Crippen molar-refractivity contribution in [3.63, 3.8) is 0 Å². The van der Waals surface area contributed by atoms with Crippen LogP contribution in [0.3, 0.4) is 0 Å². The fraction of sp³-hybridized carbons (Fsp3) is 0.200. The quantitative estimate of drug-likeness (QED) is 0.813. The summed E-state index contributed by atoms with van der Waals surface area (Å²) in [6.45, 7) is 0.775. The number of halogens is 2. The number of benzene rings is 2. The van der Waals surface area contributed by atoms with Gasteiger partial charge < -0.3 is 5.32 Å². The molecule has 92 valence electrons. The monoisotopic (exact) mass is 245 g/mol. The van der Waals surface area contributed by atoms with E-state index < -0.39 is 11.6 Å². The zero-order valence-corrected chi connectivity index (χ0v) is 9.79. The molecule has 0 saturated carbocycles. The van der Waals surface area contributed by atoms with E-state index in [1.54, 1.807) is 12.1 Å². The molecule has 0 radical (unpaired) electrons. The maximum Gasteiger partial charge on any atom is 0.163 e. The van der Waals surface area contributed by atoms with Crippen molar-refractivity contribution in [3.05, 3.63) is 70.8 Å². The molecule has 0 aromatic heterocycles. The first-order valence-electron chi connectivity index (χ1n) is 6.02. The summed E-state index contributed by atoms with van der Waals surface area (Å²) in [4.78, 5) is 0. The molecule has 1 N–H and O–H groups in total. The van der Waals surface area contributed by atoms with Crippen molar-refractivity contribution in [2.75, 3.05) is 6.54 Å². The Labute approximate surface area is 104 Å². The molecule has 0 fully saturated rings. The molecule has 0 aliphatic carbocycles. The smallest absolute Gasteiger partial charge is 0.163 e. The maximum atomic E-state index is 13.9. The zero-order valence-electron chi connectivity index (χ0n) is 9.79. The fourth-order valence-corrected chi connectivity index (χ4v) is 2.53. The number of hydrogen-bond donors (Lipinski definition) is 1. The number of hydrogen-bond acceptors (Lipinski definition) is 1. The van der Waals surface area contributed by atoms with Crippen LogP contribution in [0.4, 0.5) is 8.78 Å². The van der Waals surface area contributed by atoms with Crippen LogP contribution >= 0.6 is 0 Å². The second-order valence-corrected chi connectivity index (χ2v) is 4.48. The van der Waals surface area contributed by atoms with Gasteiger partial charge in [-0.2, -0.15) is 0 Å². The molecule has 0 saturated heterocycles. The van der Waals surface area contributed by atoms with E-state index in [2.05, 4.69) is 5.32 Å². The van der Waals surface area contributed by atoms with E-state index in [-0.39, 0.29) is 6.04 Å². The van der Waals surface area contributed by atoms with Gasteiger partial charge in [0, 0.05) is 12.1 Å². The highest BCUT2D eigenvalue weighted by atomic mass is 19.2. The summed E-state index contributed by atoms with van der Waals surface area (Å²) in [5, 5.41) is 3.25. The lowest BCUT2D eigenvalue weighted by Crippen LogP contribution is -2.31. The topological polar surface area (TPSA) is 12.0 Å². The Morgan fingerprint density at radius 2 is 1.72 bits per heavy atom. The summed E-state index contributed by atoms with van der Waals surface area (Å²) in [5.41, 5.74) is 2.61. The van der Waals surface area contributed by atoms with Crippen LogP contribution in [0.1, 0.15) is 22.7 Å². The van der Waals surface area contributed by atoms with Gasteiger partial charge in [-0.3, -0.25) is 0 Å². The Morgan fingerprint density at radius 1 is 0.944 bits per heavy atom. The lowest BCUT2D eigenvalue weighted by atomic mass is 9.90. The van der Waals surface area contributed by atoms with Gasteiger partial charge >= 0.3 is 0 Å². The Kier molecular flexibility index (Phi) is 2.84. The number of nitrogens with one attached hydrogen (secondary N) is 1. The van der Waals surface area contributed by atoms with Crippen LogP contribution in [0.15, 0.2) is 42.5 Å². The first-order valence-corrected chi connectivity index (χ1v) is 6.02. The molecule has 2 aromatic rings. The molecule has 3 heteroatoms. The highest BCUT2D eigenvalue weighted by Gasteiger charge is 2.24. The number of fused-ring (bicyclic) bond motifs is 1. The van der Waals surface area contributed by atoms with Crippen LogP contribution in [-0.2, 0) is 6.42 Å². The minimum absolute atomic E-state index is 0.259. The molecule has 0 spiro atoms. The standard InChI is InChI=1S/C15H13F2N/c16-13-7-3-6-12(14(13)17)15-11-5-2-1-4-10(11)8-9-18-15/h1-7,15,18H,8-9H2/t15-/m1/s1. The van der Waals surface area contributed by atoms with Crippen molar-refractivity contribution in [2.45, 2.75) is 12.5 Å². The maximum absolute atomic E-state index is 13.9. The third-order valence-electron chi connectivity index (χ3n) is 3.40. The second kappa shape index (κ2) is 4.50. The largest absolute Gasteiger partial charge is 0.306 e. The van der Waals surface area contributed by atoms with Crippen molar-refractivity contribution in [1.29, 1.82) is 0 Å². The summed E-state index contributed by atoms with van der Waals surface area (Å²) in [7, 11) is 0. The van der Waals surface area contributed by atoms with Crippen LogP contribution in [0.2, 0.25) is 0 Å². The van der Waals surface area contributed by atoms with Gasteiger partial charge in [-0.15, -0.1) is 0 Å². The van der Waals surface area contributed by atoms with Gasteiger partial charge in [0.05, 0.1) is 6.04 Å². The first-order chi connectivity index (χ1) is 8.77. The normalized spacial score (nSPS) is 18.4. The minimum atomic E-state index is -0.794. The van der Waals surface area contributed by atoms with Crippen molar-refractivity contribution >= 4 is 0 Å². The molecule has 1 nitrogen and oxygen atoms in total. The summed E-state index contributed by atoms with van der Waals surface area (Å²) in [6.07, 6.45) is 0.920. The van der Waals surface area contributed by atoms with E-state index in [1.807, 2.05) is 24.3 Å². The van der Waals surface area contributed by atoms with Gasteiger partial charge in [0.25, 0.3) is 0 Å². The molecule has 0 bridgehead atoms. The predicted octanol–water partition coefficient (Wildman–Crippen LogP) is 3.20. The summed E-state index contributed by atoms with van der Waals surface area (Å²) < 4.78 is 27.2. The van der Waals surface area contributed by atoms with E-state index in [1.165, 1.54) is 5.56 Å². The fourth-order valence-electron chi connectivity index (χ4n) is 2.53. The molecule has 0 amide bonds. The van der Waals surface area contributed by atoms with Crippen LogP contribution in [0.5, 0.6) is 0 Å². The molecule has 18 heavy (non-hydrogen) atoms. The SMILES string of the molecule is Fc1cccc([C@@H]2NCCc3ccccc32)c1F. The van der Waals surface area contributed by atoms with E-state index in [0.717, 1.165) is 24.6 Å². The second-order valence-electron chi connectivity index (χ2n) is 4.48. The van der Waals surface area contributed by atoms with Gasteiger partial charge in [-0.25, -0.2) is 8.78 Å². The third kappa shape index (κ3) is 1.81. The van der Waals surface area contributed by atoms with Crippen molar-refractivity contribution < 1.29 is 8.78 Å².